The van der Waals surface area contributed by atoms with Crippen LogP contribution in [0, 0.1) is 0 Å². The van der Waals surface area contributed by atoms with Crippen molar-refractivity contribution in [2.24, 2.45) is 0 Å². The molecule has 0 saturated carbocycles. The van der Waals surface area contributed by atoms with E-state index in [0.29, 0.717) is 17.4 Å². The molecule has 1 aromatic carbocycles. The summed E-state index contributed by atoms with van der Waals surface area (Å²) in [5, 5.41) is 0.626. The third-order valence-electron chi connectivity index (χ3n) is 1.62. The smallest absolute Gasteiger partial charge is 0.138 e. The van der Waals surface area contributed by atoms with Crippen LogP contribution in [0.1, 0.15) is 13.8 Å². The van der Waals surface area contributed by atoms with Gasteiger partial charge in [-0.2, -0.15) is 0 Å². The van der Waals surface area contributed by atoms with Crippen LogP contribution >= 0.6 is 27.5 Å². The maximum Gasteiger partial charge on any atom is 0.138 e. The van der Waals surface area contributed by atoms with Crippen LogP contribution in [-0.4, -0.2) is 6.61 Å². The van der Waals surface area contributed by atoms with Gasteiger partial charge < -0.3 is 4.74 Å². The van der Waals surface area contributed by atoms with Crippen molar-refractivity contribution in [3.8, 4) is 5.75 Å². The van der Waals surface area contributed by atoms with Gasteiger partial charge in [-0.15, -0.1) is 0 Å². The fourth-order valence-electron chi connectivity index (χ4n) is 0.890. The van der Waals surface area contributed by atoms with Crippen molar-refractivity contribution >= 4 is 27.5 Å². The predicted octanol–water partition coefficient (Wildman–Crippen LogP) is 4.45. The van der Waals surface area contributed by atoms with E-state index in [0.717, 1.165) is 4.47 Å². The van der Waals surface area contributed by atoms with Crippen LogP contribution in [0.5, 0.6) is 5.75 Å². The fourth-order valence-corrected chi connectivity index (χ4v) is 1.62. The zero-order chi connectivity index (χ0) is 10.6. The van der Waals surface area contributed by atoms with Gasteiger partial charge in [0.15, 0.2) is 0 Å². The van der Waals surface area contributed by atoms with Gasteiger partial charge in [-0.25, -0.2) is 0 Å². The summed E-state index contributed by atoms with van der Waals surface area (Å²) in [5.41, 5.74) is 1.23. The summed E-state index contributed by atoms with van der Waals surface area (Å²) >= 11 is 9.30. The van der Waals surface area contributed by atoms with Crippen molar-refractivity contribution in [1.29, 1.82) is 0 Å². The van der Waals surface area contributed by atoms with Gasteiger partial charge in [0.1, 0.15) is 12.4 Å². The van der Waals surface area contributed by atoms with Crippen LogP contribution in [0.4, 0.5) is 0 Å². The first-order valence-corrected chi connectivity index (χ1v) is 5.48. The highest BCUT2D eigenvalue weighted by molar-refractivity contribution is 9.10. The molecule has 0 spiro atoms. The summed E-state index contributed by atoms with van der Waals surface area (Å²) in [7, 11) is 0. The third-order valence-corrected chi connectivity index (χ3v) is 2.41. The lowest BCUT2D eigenvalue weighted by Gasteiger charge is -2.05. The summed E-state index contributed by atoms with van der Waals surface area (Å²) < 4.78 is 6.43. The maximum absolute atomic E-state index is 5.97. The van der Waals surface area contributed by atoms with Gasteiger partial charge in [0.2, 0.25) is 0 Å². The summed E-state index contributed by atoms with van der Waals surface area (Å²) in [6.45, 7) is 4.63. The summed E-state index contributed by atoms with van der Waals surface area (Å²) in [4.78, 5) is 0. The van der Waals surface area contributed by atoms with Crippen molar-refractivity contribution in [2.45, 2.75) is 13.8 Å². The van der Waals surface area contributed by atoms with E-state index in [4.69, 9.17) is 16.3 Å². The quantitative estimate of drug-likeness (QED) is 0.741. The number of hydrogen-bond acceptors (Lipinski definition) is 1. The summed E-state index contributed by atoms with van der Waals surface area (Å²) in [6.07, 6.45) is 2.01. The monoisotopic (exact) mass is 274 g/mol. The van der Waals surface area contributed by atoms with Gasteiger partial charge in [0.25, 0.3) is 0 Å². The first-order valence-electron chi connectivity index (χ1n) is 4.31. The highest BCUT2D eigenvalue weighted by atomic mass is 79.9. The molecule has 0 atom stereocenters. The molecule has 0 amide bonds. The number of halogens is 2. The SMILES string of the molecule is CC(C)=CCOc1ccc(Br)cc1Cl. The van der Waals surface area contributed by atoms with Gasteiger partial charge in [-0.3, -0.25) is 0 Å². The van der Waals surface area contributed by atoms with E-state index in [2.05, 4.69) is 15.9 Å². The lowest BCUT2D eigenvalue weighted by atomic mass is 10.3. The second kappa shape index (κ2) is 5.42. The second-order valence-electron chi connectivity index (χ2n) is 3.17. The molecule has 3 heteroatoms. The highest BCUT2D eigenvalue weighted by Crippen LogP contribution is 2.27. The Morgan fingerprint density at radius 3 is 2.79 bits per heavy atom. The van der Waals surface area contributed by atoms with Crippen LogP contribution in [0.3, 0.4) is 0 Å². The molecule has 0 radical (unpaired) electrons. The largest absolute Gasteiger partial charge is 0.488 e. The zero-order valence-electron chi connectivity index (χ0n) is 8.18. The van der Waals surface area contributed by atoms with E-state index < -0.39 is 0 Å². The van der Waals surface area contributed by atoms with Gasteiger partial charge in [0, 0.05) is 4.47 Å². The predicted molar refractivity (Wildman–Crippen MR) is 64.1 cm³/mol. The standard InChI is InChI=1S/C11H12BrClO/c1-8(2)5-6-14-11-4-3-9(12)7-10(11)13/h3-5,7H,6H2,1-2H3. The molecule has 0 aliphatic carbocycles. The third kappa shape index (κ3) is 3.72. The molecule has 0 fully saturated rings. The average Bonchev–Trinajstić information content (AvgIpc) is 2.08. The van der Waals surface area contributed by atoms with E-state index in [-0.39, 0.29) is 0 Å². The number of allylic oxidation sites excluding steroid dienone is 1. The molecule has 0 bridgehead atoms. The van der Waals surface area contributed by atoms with Crippen molar-refractivity contribution in [3.63, 3.8) is 0 Å². The summed E-state index contributed by atoms with van der Waals surface area (Å²) in [6, 6.07) is 5.58. The number of benzene rings is 1. The normalized spacial score (nSPS) is 9.71. The van der Waals surface area contributed by atoms with Crippen LogP contribution < -0.4 is 4.74 Å². The molecule has 0 unspecified atom stereocenters. The Morgan fingerprint density at radius 1 is 1.50 bits per heavy atom. The van der Waals surface area contributed by atoms with Gasteiger partial charge in [-0.05, 0) is 38.1 Å². The molecule has 14 heavy (non-hydrogen) atoms. The lowest BCUT2D eigenvalue weighted by Crippen LogP contribution is -1.94. The molecule has 0 aliphatic rings. The van der Waals surface area contributed by atoms with E-state index in [1.165, 1.54) is 5.57 Å². The zero-order valence-corrected chi connectivity index (χ0v) is 10.5. The number of rotatable bonds is 3. The maximum atomic E-state index is 5.97. The highest BCUT2D eigenvalue weighted by Gasteiger charge is 2.00. The minimum atomic E-state index is 0.559. The molecule has 76 valence electrons. The second-order valence-corrected chi connectivity index (χ2v) is 4.49. The van der Waals surface area contributed by atoms with E-state index in [9.17, 15) is 0 Å². The van der Waals surface area contributed by atoms with E-state index in [1.54, 1.807) is 0 Å². The minimum absolute atomic E-state index is 0.559. The van der Waals surface area contributed by atoms with Crippen LogP contribution in [0.2, 0.25) is 5.02 Å². The molecule has 1 rings (SSSR count). The fraction of sp³-hybridized carbons (Fsp3) is 0.273. The Morgan fingerprint density at radius 2 is 2.21 bits per heavy atom. The van der Waals surface area contributed by atoms with E-state index >= 15 is 0 Å². The number of ether oxygens (including phenoxy) is 1. The first kappa shape index (κ1) is 11.6. The van der Waals surface area contributed by atoms with Gasteiger partial charge in [-0.1, -0.05) is 33.1 Å². The average molecular weight is 276 g/mol. The molecule has 0 saturated heterocycles. The number of hydrogen-bond donors (Lipinski definition) is 0. The Hall–Kier alpha value is -0.470. The molecule has 1 aromatic rings. The van der Waals surface area contributed by atoms with Crippen molar-refractivity contribution in [1.82, 2.24) is 0 Å². The Bertz CT molecular complexity index is 343. The van der Waals surface area contributed by atoms with Crippen LogP contribution in [0.25, 0.3) is 0 Å². The Balaban J connectivity index is 2.64. The summed E-state index contributed by atoms with van der Waals surface area (Å²) in [5.74, 6) is 0.715. The molecular weight excluding hydrogens is 263 g/mol. The van der Waals surface area contributed by atoms with Crippen molar-refractivity contribution in [2.75, 3.05) is 6.61 Å². The minimum Gasteiger partial charge on any atom is -0.488 e. The molecule has 1 nitrogen and oxygen atoms in total. The van der Waals surface area contributed by atoms with Crippen LogP contribution in [0.15, 0.2) is 34.3 Å². The molecule has 0 aliphatic heterocycles. The topological polar surface area (TPSA) is 9.23 Å². The van der Waals surface area contributed by atoms with Crippen molar-refractivity contribution in [3.05, 3.63) is 39.3 Å². The van der Waals surface area contributed by atoms with E-state index in [1.807, 2.05) is 38.1 Å². The Labute approximate surface area is 97.9 Å². The first-order chi connectivity index (χ1) is 6.59. The molecular formula is C11H12BrClO. The molecule has 0 heterocycles. The van der Waals surface area contributed by atoms with Gasteiger partial charge >= 0.3 is 0 Å². The molecule has 0 aromatic heterocycles. The van der Waals surface area contributed by atoms with Crippen LogP contribution in [-0.2, 0) is 0 Å². The van der Waals surface area contributed by atoms with Crippen molar-refractivity contribution < 1.29 is 4.74 Å². The lowest BCUT2D eigenvalue weighted by molar-refractivity contribution is 0.362. The van der Waals surface area contributed by atoms with Gasteiger partial charge in [0.05, 0.1) is 5.02 Å². The Kier molecular flexibility index (Phi) is 4.49. The molecule has 0 N–H and O–H groups in total.